The van der Waals surface area contributed by atoms with Gasteiger partial charge in [-0.1, -0.05) is 13.5 Å². The molecule has 0 saturated heterocycles. The van der Waals surface area contributed by atoms with Gasteiger partial charge in [0.1, 0.15) is 0 Å². The van der Waals surface area contributed by atoms with Crippen LogP contribution in [-0.4, -0.2) is 24.2 Å². The van der Waals surface area contributed by atoms with Gasteiger partial charge in [-0.3, -0.25) is 0 Å². The second kappa shape index (κ2) is 7.80. The molecule has 0 unspecified atom stereocenters. The van der Waals surface area contributed by atoms with Crippen LogP contribution in [0, 0.1) is 0 Å². The summed E-state index contributed by atoms with van der Waals surface area (Å²) in [5, 5.41) is 11.8. The van der Waals surface area contributed by atoms with Crippen LogP contribution in [0.25, 0.3) is 0 Å². The Kier molecular flexibility index (Phi) is 7.30. The summed E-state index contributed by atoms with van der Waals surface area (Å²) in [6.45, 7) is 7.61. The lowest BCUT2D eigenvalue weighted by atomic mass is 10.1. The Morgan fingerprint density at radius 3 is 2.62 bits per heavy atom. The average molecular weight is 185 g/mol. The van der Waals surface area contributed by atoms with Gasteiger partial charge >= 0.3 is 5.97 Å². The molecule has 0 spiro atoms. The van der Waals surface area contributed by atoms with Crippen LogP contribution in [-0.2, 0) is 4.79 Å². The van der Waals surface area contributed by atoms with Crippen LogP contribution in [0.5, 0.6) is 0 Å². The van der Waals surface area contributed by atoms with E-state index in [-0.39, 0.29) is 0 Å². The van der Waals surface area contributed by atoms with Gasteiger partial charge in [-0.05, 0) is 38.8 Å². The fourth-order valence-corrected chi connectivity index (χ4v) is 0.997. The number of carboxylic acids is 1. The molecule has 0 aromatic heterocycles. The van der Waals surface area contributed by atoms with Crippen molar-refractivity contribution in [2.45, 2.75) is 32.6 Å². The first-order valence-corrected chi connectivity index (χ1v) is 4.80. The van der Waals surface area contributed by atoms with Gasteiger partial charge in [0.15, 0.2) is 0 Å². The van der Waals surface area contributed by atoms with E-state index in [1.54, 1.807) is 0 Å². The normalized spacial score (nSPS) is 9.92. The average Bonchev–Trinajstić information content (AvgIpc) is 2.10. The lowest BCUT2D eigenvalue weighted by Gasteiger charge is -2.02. The molecule has 0 radical (unpaired) electrons. The van der Waals surface area contributed by atoms with Crippen LogP contribution in [0.15, 0.2) is 12.2 Å². The van der Waals surface area contributed by atoms with Crippen LogP contribution in [0.3, 0.4) is 0 Å². The summed E-state index contributed by atoms with van der Waals surface area (Å²) >= 11 is 0. The van der Waals surface area contributed by atoms with Crippen molar-refractivity contribution < 1.29 is 9.90 Å². The van der Waals surface area contributed by atoms with Gasteiger partial charge in [0.25, 0.3) is 0 Å². The van der Waals surface area contributed by atoms with Crippen molar-refractivity contribution >= 4 is 5.97 Å². The maximum atomic E-state index is 10.4. The molecule has 0 aliphatic carbocycles. The van der Waals surface area contributed by atoms with Gasteiger partial charge in [0.2, 0.25) is 0 Å². The molecular formula is C10H19NO2. The summed E-state index contributed by atoms with van der Waals surface area (Å²) in [6, 6.07) is 0. The predicted molar refractivity (Wildman–Crippen MR) is 53.8 cm³/mol. The number of unbranched alkanes of at least 4 members (excludes halogenated alkanes) is 1. The Balaban J connectivity index is 3.16. The highest BCUT2D eigenvalue weighted by Crippen LogP contribution is 2.04. The molecule has 0 amide bonds. The molecule has 0 aromatic carbocycles. The van der Waals surface area contributed by atoms with E-state index >= 15 is 0 Å². The smallest absolute Gasteiger partial charge is 0.330 e. The van der Waals surface area contributed by atoms with Gasteiger partial charge in [-0.25, -0.2) is 4.79 Å². The van der Waals surface area contributed by atoms with Crippen LogP contribution in [0.2, 0.25) is 0 Å². The molecule has 0 bridgehead atoms. The van der Waals surface area contributed by atoms with Crippen LogP contribution in [0.1, 0.15) is 32.6 Å². The number of hydrogen-bond acceptors (Lipinski definition) is 2. The second-order valence-electron chi connectivity index (χ2n) is 3.12. The van der Waals surface area contributed by atoms with Crippen LogP contribution < -0.4 is 5.32 Å². The van der Waals surface area contributed by atoms with Gasteiger partial charge in [-0.2, -0.15) is 0 Å². The van der Waals surface area contributed by atoms with Crippen molar-refractivity contribution in [1.82, 2.24) is 5.32 Å². The molecule has 76 valence electrons. The first-order chi connectivity index (χ1) is 6.18. The topological polar surface area (TPSA) is 49.3 Å². The largest absolute Gasteiger partial charge is 0.478 e. The Hall–Kier alpha value is -0.830. The summed E-state index contributed by atoms with van der Waals surface area (Å²) in [7, 11) is 0. The maximum Gasteiger partial charge on any atom is 0.330 e. The Labute approximate surface area is 79.8 Å². The quantitative estimate of drug-likeness (QED) is 0.448. The summed E-state index contributed by atoms with van der Waals surface area (Å²) in [6.07, 6.45) is 3.67. The third kappa shape index (κ3) is 7.53. The van der Waals surface area contributed by atoms with E-state index < -0.39 is 5.97 Å². The predicted octanol–water partition coefficient (Wildman–Crippen LogP) is 1.80. The standard InChI is InChI=1S/C10H19NO2/c1-3-7-11-8-5-4-6-9(2)10(12)13/h11H,2-8H2,1H3,(H,12,13). The highest BCUT2D eigenvalue weighted by molar-refractivity contribution is 5.85. The zero-order chi connectivity index (χ0) is 10.1. The monoisotopic (exact) mass is 185 g/mol. The molecule has 0 atom stereocenters. The number of rotatable bonds is 8. The number of nitrogens with one attached hydrogen (secondary N) is 1. The number of carboxylic acid groups (broad SMARTS) is 1. The Morgan fingerprint density at radius 2 is 2.08 bits per heavy atom. The minimum atomic E-state index is -0.874. The fraction of sp³-hybridized carbons (Fsp3) is 0.700. The van der Waals surface area contributed by atoms with Crippen molar-refractivity contribution in [3.63, 3.8) is 0 Å². The molecule has 0 heterocycles. The van der Waals surface area contributed by atoms with E-state index in [0.29, 0.717) is 12.0 Å². The van der Waals surface area contributed by atoms with E-state index in [1.165, 1.54) is 0 Å². The first-order valence-electron chi connectivity index (χ1n) is 4.80. The minimum absolute atomic E-state index is 0.315. The number of carbonyl (C=O) groups is 1. The van der Waals surface area contributed by atoms with E-state index in [1.807, 2.05) is 0 Å². The zero-order valence-corrected chi connectivity index (χ0v) is 8.31. The van der Waals surface area contributed by atoms with Crippen LogP contribution in [0.4, 0.5) is 0 Å². The molecule has 2 N–H and O–H groups in total. The van der Waals surface area contributed by atoms with E-state index in [9.17, 15) is 4.79 Å². The molecule has 0 aliphatic rings. The molecule has 3 nitrogen and oxygen atoms in total. The fourth-order valence-electron chi connectivity index (χ4n) is 0.997. The number of aliphatic carboxylic acids is 1. The van der Waals surface area contributed by atoms with Gasteiger partial charge in [-0.15, -0.1) is 0 Å². The van der Waals surface area contributed by atoms with Crippen LogP contribution >= 0.6 is 0 Å². The third-order valence-corrected chi connectivity index (χ3v) is 1.81. The summed E-state index contributed by atoms with van der Waals surface area (Å²) in [5.41, 5.74) is 0.315. The molecule has 0 aromatic rings. The minimum Gasteiger partial charge on any atom is -0.478 e. The SMILES string of the molecule is C=C(CCCCNCCC)C(=O)O. The molecule has 3 heteroatoms. The summed E-state index contributed by atoms with van der Waals surface area (Å²) < 4.78 is 0. The van der Waals surface area contributed by atoms with Crippen molar-refractivity contribution in [2.24, 2.45) is 0 Å². The molecule has 0 fully saturated rings. The second-order valence-corrected chi connectivity index (χ2v) is 3.12. The lowest BCUT2D eigenvalue weighted by Crippen LogP contribution is -2.15. The Morgan fingerprint density at radius 1 is 1.38 bits per heavy atom. The van der Waals surface area contributed by atoms with Crippen molar-refractivity contribution in [1.29, 1.82) is 0 Å². The third-order valence-electron chi connectivity index (χ3n) is 1.81. The molecule has 0 saturated carbocycles. The van der Waals surface area contributed by atoms with Crippen molar-refractivity contribution in [3.8, 4) is 0 Å². The molecule has 0 aliphatic heterocycles. The highest BCUT2D eigenvalue weighted by atomic mass is 16.4. The maximum absolute atomic E-state index is 10.4. The van der Waals surface area contributed by atoms with Crippen molar-refractivity contribution in [2.75, 3.05) is 13.1 Å². The molecule has 13 heavy (non-hydrogen) atoms. The molecule has 0 rings (SSSR count). The summed E-state index contributed by atoms with van der Waals surface area (Å²) in [4.78, 5) is 10.4. The van der Waals surface area contributed by atoms with Gasteiger partial charge < -0.3 is 10.4 Å². The Bertz CT molecular complexity index is 166. The van der Waals surface area contributed by atoms with E-state index in [0.717, 1.165) is 32.4 Å². The van der Waals surface area contributed by atoms with E-state index in [4.69, 9.17) is 5.11 Å². The lowest BCUT2D eigenvalue weighted by molar-refractivity contribution is -0.132. The molecular weight excluding hydrogens is 166 g/mol. The summed E-state index contributed by atoms with van der Waals surface area (Å²) in [5.74, 6) is -0.874. The number of hydrogen-bond donors (Lipinski definition) is 2. The first kappa shape index (κ1) is 12.2. The van der Waals surface area contributed by atoms with Gasteiger partial charge in [0.05, 0.1) is 0 Å². The van der Waals surface area contributed by atoms with Gasteiger partial charge in [0, 0.05) is 5.57 Å². The van der Waals surface area contributed by atoms with E-state index in [2.05, 4.69) is 18.8 Å². The zero-order valence-electron chi connectivity index (χ0n) is 8.31. The highest BCUT2D eigenvalue weighted by Gasteiger charge is 2.01. The van der Waals surface area contributed by atoms with Crippen molar-refractivity contribution in [3.05, 3.63) is 12.2 Å².